The second-order valence-corrected chi connectivity index (χ2v) is 4.51. The highest BCUT2D eigenvalue weighted by atomic mass is 16.6. The number of nitrogens with one attached hydrogen (secondary N) is 2. The SMILES string of the molecule is C=CCNc1ncnc(Nc2ccccc2C(=O)OC)c1[N+](=O)[O-]. The van der Waals surface area contributed by atoms with Crippen LogP contribution in [-0.4, -0.2) is 34.5 Å². The van der Waals surface area contributed by atoms with Crippen LogP contribution in [0.25, 0.3) is 0 Å². The highest BCUT2D eigenvalue weighted by Crippen LogP contribution is 2.32. The molecule has 9 heteroatoms. The highest BCUT2D eigenvalue weighted by Gasteiger charge is 2.24. The number of methoxy groups -OCH3 is 1. The predicted octanol–water partition coefficient (Wildman–Crippen LogP) is 2.51. The van der Waals surface area contributed by atoms with E-state index in [0.717, 1.165) is 0 Å². The molecule has 2 N–H and O–H groups in total. The first kappa shape index (κ1) is 16.9. The Hall–Kier alpha value is -3.49. The molecule has 0 aliphatic carbocycles. The van der Waals surface area contributed by atoms with Gasteiger partial charge in [0.05, 0.1) is 23.3 Å². The summed E-state index contributed by atoms with van der Waals surface area (Å²) in [5.74, 6) is -0.564. The molecule has 0 aliphatic heterocycles. The molecule has 0 spiro atoms. The number of rotatable bonds is 7. The van der Waals surface area contributed by atoms with Gasteiger partial charge in [-0.15, -0.1) is 6.58 Å². The lowest BCUT2D eigenvalue weighted by Gasteiger charge is -2.11. The Morgan fingerprint density at radius 1 is 1.38 bits per heavy atom. The van der Waals surface area contributed by atoms with E-state index in [1.807, 2.05) is 0 Å². The van der Waals surface area contributed by atoms with Crippen LogP contribution in [0.15, 0.2) is 43.2 Å². The number of benzene rings is 1. The smallest absolute Gasteiger partial charge is 0.353 e. The number of anilines is 3. The first-order valence-corrected chi connectivity index (χ1v) is 6.87. The van der Waals surface area contributed by atoms with Gasteiger partial charge in [-0.25, -0.2) is 14.8 Å². The fraction of sp³-hybridized carbons (Fsp3) is 0.133. The third kappa shape index (κ3) is 3.64. The van der Waals surface area contributed by atoms with E-state index in [0.29, 0.717) is 12.2 Å². The van der Waals surface area contributed by atoms with Crippen molar-refractivity contribution in [2.45, 2.75) is 0 Å². The Morgan fingerprint density at radius 2 is 2.08 bits per heavy atom. The summed E-state index contributed by atoms with van der Waals surface area (Å²) in [7, 11) is 1.25. The van der Waals surface area contributed by atoms with Crippen LogP contribution < -0.4 is 10.6 Å². The molecule has 0 saturated heterocycles. The molecule has 2 rings (SSSR count). The Morgan fingerprint density at radius 3 is 2.75 bits per heavy atom. The minimum atomic E-state index is -0.603. The number of ether oxygens (including phenoxy) is 1. The first-order valence-electron chi connectivity index (χ1n) is 6.87. The van der Waals surface area contributed by atoms with Gasteiger partial charge < -0.3 is 15.4 Å². The maximum atomic E-state index is 11.8. The van der Waals surface area contributed by atoms with E-state index >= 15 is 0 Å². The van der Waals surface area contributed by atoms with Crippen molar-refractivity contribution in [1.29, 1.82) is 0 Å². The molecule has 1 aromatic heterocycles. The van der Waals surface area contributed by atoms with Crippen LogP contribution in [0.5, 0.6) is 0 Å². The Bertz CT molecular complexity index is 778. The van der Waals surface area contributed by atoms with Crippen LogP contribution in [0.2, 0.25) is 0 Å². The molecule has 2 aromatic rings. The third-order valence-corrected chi connectivity index (χ3v) is 3.00. The van der Waals surface area contributed by atoms with Crippen molar-refractivity contribution < 1.29 is 14.5 Å². The lowest BCUT2D eigenvalue weighted by Crippen LogP contribution is -2.10. The van der Waals surface area contributed by atoms with Gasteiger partial charge in [-0.3, -0.25) is 10.1 Å². The van der Waals surface area contributed by atoms with Crippen molar-refractivity contribution in [3.05, 3.63) is 58.9 Å². The fourth-order valence-corrected chi connectivity index (χ4v) is 1.95. The number of hydrogen-bond donors (Lipinski definition) is 2. The number of aromatic nitrogens is 2. The van der Waals surface area contributed by atoms with Crippen molar-refractivity contribution in [3.8, 4) is 0 Å². The molecule has 0 saturated carbocycles. The van der Waals surface area contributed by atoms with Gasteiger partial charge in [0.1, 0.15) is 6.33 Å². The first-order chi connectivity index (χ1) is 11.6. The zero-order chi connectivity index (χ0) is 17.5. The lowest BCUT2D eigenvalue weighted by atomic mass is 10.2. The molecule has 0 fully saturated rings. The summed E-state index contributed by atoms with van der Waals surface area (Å²) in [6.07, 6.45) is 2.73. The van der Waals surface area contributed by atoms with Gasteiger partial charge in [0.2, 0.25) is 11.6 Å². The number of hydrogen-bond acceptors (Lipinski definition) is 8. The average Bonchev–Trinajstić information content (AvgIpc) is 2.59. The Labute approximate surface area is 137 Å². The monoisotopic (exact) mass is 329 g/mol. The second kappa shape index (κ2) is 7.68. The standard InChI is InChI=1S/C15H15N5O4/c1-3-8-16-13-12(20(22)23)14(18-9-17-13)19-11-7-5-4-6-10(11)15(21)24-2/h3-7,9H,1,8H2,2H3,(H2,16,17,18,19). The van der Waals surface area contributed by atoms with Crippen molar-refractivity contribution in [3.63, 3.8) is 0 Å². The van der Waals surface area contributed by atoms with Crippen LogP contribution in [-0.2, 0) is 4.74 Å². The number of carbonyl (C=O) groups excluding carboxylic acids is 1. The van der Waals surface area contributed by atoms with E-state index in [2.05, 4.69) is 27.2 Å². The van der Waals surface area contributed by atoms with Crippen LogP contribution in [0.1, 0.15) is 10.4 Å². The zero-order valence-corrected chi connectivity index (χ0v) is 12.9. The van der Waals surface area contributed by atoms with E-state index in [9.17, 15) is 14.9 Å². The van der Waals surface area contributed by atoms with Crippen molar-refractivity contribution >= 4 is 29.0 Å². The molecule has 9 nitrogen and oxygen atoms in total. The van der Waals surface area contributed by atoms with E-state index in [-0.39, 0.29) is 22.9 Å². The van der Waals surface area contributed by atoms with Crippen LogP contribution in [0.3, 0.4) is 0 Å². The van der Waals surface area contributed by atoms with E-state index in [1.165, 1.54) is 19.5 Å². The molecule has 0 radical (unpaired) electrons. The topological polar surface area (TPSA) is 119 Å². The van der Waals surface area contributed by atoms with Gasteiger partial charge in [-0.2, -0.15) is 0 Å². The molecule has 0 amide bonds. The van der Waals surface area contributed by atoms with Gasteiger partial charge in [0.15, 0.2) is 0 Å². The fourth-order valence-electron chi connectivity index (χ4n) is 1.95. The molecular weight excluding hydrogens is 314 g/mol. The average molecular weight is 329 g/mol. The number of carbonyl (C=O) groups is 1. The van der Waals surface area contributed by atoms with Crippen molar-refractivity contribution in [2.24, 2.45) is 0 Å². The molecule has 0 unspecified atom stereocenters. The summed E-state index contributed by atoms with van der Waals surface area (Å²) in [5, 5.41) is 17.0. The zero-order valence-electron chi connectivity index (χ0n) is 12.9. The molecule has 124 valence electrons. The van der Waals surface area contributed by atoms with Gasteiger partial charge in [0.25, 0.3) is 0 Å². The van der Waals surface area contributed by atoms with E-state index < -0.39 is 10.9 Å². The summed E-state index contributed by atoms with van der Waals surface area (Å²) < 4.78 is 4.70. The van der Waals surface area contributed by atoms with Crippen LogP contribution in [0.4, 0.5) is 23.0 Å². The largest absolute Gasteiger partial charge is 0.465 e. The molecule has 0 bridgehead atoms. The van der Waals surface area contributed by atoms with Crippen LogP contribution in [0, 0.1) is 10.1 Å². The maximum Gasteiger partial charge on any atom is 0.353 e. The quantitative estimate of drug-likeness (QED) is 0.344. The summed E-state index contributed by atoms with van der Waals surface area (Å²) in [4.78, 5) is 30.4. The summed E-state index contributed by atoms with van der Waals surface area (Å²) in [6.45, 7) is 3.84. The molecule has 0 atom stereocenters. The summed E-state index contributed by atoms with van der Waals surface area (Å²) >= 11 is 0. The van der Waals surface area contributed by atoms with Crippen LogP contribution >= 0.6 is 0 Å². The minimum absolute atomic E-state index is 0.0436. The molecule has 1 heterocycles. The minimum Gasteiger partial charge on any atom is -0.465 e. The molecule has 24 heavy (non-hydrogen) atoms. The second-order valence-electron chi connectivity index (χ2n) is 4.51. The predicted molar refractivity (Wildman–Crippen MR) is 88.4 cm³/mol. The van der Waals surface area contributed by atoms with Gasteiger partial charge in [-0.05, 0) is 12.1 Å². The Balaban J connectivity index is 2.45. The third-order valence-electron chi connectivity index (χ3n) is 3.00. The maximum absolute atomic E-state index is 11.8. The summed E-state index contributed by atoms with van der Waals surface area (Å²) in [6, 6.07) is 6.47. The van der Waals surface area contributed by atoms with Gasteiger partial charge in [-0.1, -0.05) is 18.2 Å². The number of esters is 1. The molecule has 0 aliphatic rings. The normalized spacial score (nSPS) is 9.88. The number of para-hydroxylation sites is 1. The van der Waals surface area contributed by atoms with Gasteiger partial charge >= 0.3 is 11.7 Å². The number of nitro groups is 1. The summed E-state index contributed by atoms with van der Waals surface area (Å²) in [5.41, 5.74) is 0.230. The van der Waals surface area contributed by atoms with Crippen molar-refractivity contribution in [2.75, 3.05) is 24.3 Å². The van der Waals surface area contributed by atoms with E-state index in [1.54, 1.807) is 24.3 Å². The van der Waals surface area contributed by atoms with Gasteiger partial charge in [0, 0.05) is 6.54 Å². The van der Waals surface area contributed by atoms with Crippen molar-refractivity contribution in [1.82, 2.24) is 9.97 Å². The highest BCUT2D eigenvalue weighted by molar-refractivity contribution is 5.96. The molecule has 1 aromatic carbocycles. The molecular formula is C15H15N5O4. The Kier molecular flexibility index (Phi) is 5.40. The lowest BCUT2D eigenvalue weighted by molar-refractivity contribution is -0.383. The van der Waals surface area contributed by atoms with E-state index in [4.69, 9.17) is 4.74 Å². The number of nitrogens with zero attached hydrogens (tertiary/aromatic N) is 3.